The van der Waals surface area contributed by atoms with E-state index in [1.165, 1.54) is 6.92 Å². The van der Waals surface area contributed by atoms with Crippen LogP contribution in [0.15, 0.2) is 30.5 Å². The number of carbonyl (C=O) groups excluding carboxylic acids is 1. The molecule has 6 heteroatoms. The predicted octanol–water partition coefficient (Wildman–Crippen LogP) is 4.30. The maximum Gasteiger partial charge on any atom is 0.222 e. The van der Waals surface area contributed by atoms with Crippen molar-refractivity contribution < 1.29 is 14.3 Å². The summed E-state index contributed by atoms with van der Waals surface area (Å²) in [7, 11) is 0. The number of anilines is 1. The van der Waals surface area contributed by atoms with Crippen LogP contribution in [-0.2, 0) is 4.79 Å². The minimum atomic E-state index is -0.132. The molecule has 1 aromatic carbocycles. The van der Waals surface area contributed by atoms with E-state index in [0.29, 0.717) is 24.3 Å². The van der Waals surface area contributed by atoms with E-state index in [-0.39, 0.29) is 18.1 Å². The van der Waals surface area contributed by atoms with Crippen LogP contribution in [0, 0.1) is 11.8 Å². The molecular formula is C23H29N3O3. The zero-order valence-corrected chi connectivity index (χ0v) is 17.3. The molecule has 1 amide bonds. The van der Waals surface area contributed by atoms with Crippen LogP contribution in [-0.4, -0.2) is 23.5 Å². The predicted molar refractivity (Wildman–Crippen MR) is 113 cm³/mol. The highest BCUT2D eigenvalue weighted by Gasteiger charge is 2.40. The second-order valence-electron chi connectivity index (χ2n) is 8.54. The largest absolute Gasteiger partial charge is 0.492 e. The Kier molecular flexibility index (Phi) is 5.46. The summed E-state index contributed by atoms with van der Waals surface area (Å²) >= 11 is 0. The Hall–Kier alpha value is -2.60. The quantitative estimate of drug-likeness (QED) is 0.730. The van der Waals surface area contributed by atoms with Gasteiger partial charge in [0, 0.05) is 42.3 Å². The Balaban J connectivity index is 1.63. The van der Waals surface area contributed by atoms with Gasteiger partial charge in [-0.3, -0.25) is 4.79 Å². The number of hydrogen-bond acceptors (Lipinski definition) is 5. The van der Waals surface area contributed by atoms with Crippen molar-refractivity contribution in [2.45, 2.75) is 52.2 Å². The number of benzene rings is 1. The molecule has 1 unspecified atom stereocenters. The number of nitrogens with zero attached hydrogens (tertiary/aromatic N) is 1. The molecule has 1 aromatic heterocycles. The Labute approximate surface area is 171 Å². The third-order valence-corrected chi connectivity index (χ3v) is 5.35. The maximum absolute atomic E-state index is 11.7. The van der Waals surface area contributed by atoms with Gasteiger partial charge >= 0.3 is 0 Å². The van der Waals surface area contributed by atoms with E-state index in [2.05, 4.69) is 24.1 Å². The van der Waals surface area contributed by atoms with Crippen molar-refractivity contribution in [1.82, 2.24) is 4.98 Å². The summed E-state index contributed by atoms with van der Waals surface area (Å²) in [5.41, 5.74) is 9.18. The van der Waals surface area contributed by atoms with Crippen molar-refractivity contribution in [1.29, 1.82) is 0 Å². The van der Waals surface area contributed by atoms with Gasteiger partial charge in [-0.2, -0.15) is 0 Å². The molecule has 1 aliphatic heterocycles. The number of fused-ring (bicyclic) bond motifs is 3. The van der Waals surface area contributed by atoms with Crippen LogP contribution in [0.3, 0.4) is 0 Å². The van der Waals surface area contributed by atoms with E-state index in [0.717, 1.165) is 47.5 Å². The first-order valence-corrected chi connectivity index (χ1v) is 10.4. The summed E-state index contributed by atoms with van der Waals surface area (Å²) in [6.07, 6.45) is 4.80. The fraction of sp³-hybridized carbons (Fsp3) is 0.478. The van der Waals surface area contributed by atoms with Gasteiger partial charge in [-0.25, -0.2) is 4.98 Å². The molecule has 29 heavy (non-hydrogen) atoms. The van der Waals surface area contributed by atoms with Gasteiger partial charge in [-0.05, 0) is 48.9 Å². The number of amides is 1. The lowest BCUT2D eigenvalue weighted by molar-refractivity contribution is -0.114. The standard InChI is InChI=1S/C23H29N3O3/c1-13(2)10-16(24)12-28-17-6-7-18-19-8-9-25-23(26-14(3)27)21(19)22(15-4-5-15)29-20(18)11-17/h6-9,11,13,15-16,22H,4-5,10,12,24H2,1-3H3,(H,25,26,27)/t16-,22?/m0/s1. The molecule has 2 aliphatic rings. The highest BCUT2D eigenvalue weighted by atomic mass is 16.5. The van der Waals surface area contributed by atoms with E-state index in [1.807, 2.05) is 24.3 Å². The highest BCUT2D eigenvalue weighted by molar-refractivity contribution is 5.91. The van der Waals surface area contributed by atoms with Crippen LogP contribution >= 0.6 is 0 Å². The second kappa shape index (κ2) is 8.03. The van der Waals surface area contributed by atoms with Crippen LogP contribution in [0.2, 0.25) is 0 Å². The van der Waals surface area contributed by atoms with Gasteiger partial charge < -0.3 is 20.5 Å². The Morgan fingerprint density at radius 3 is 2.79 bits per heavy atom. The van der Waals surface area contributed by atoms with Crippen molar-refractivity contribution in [3.8, 4) is 22.6 Å². The molecule has 2 aromatic rings. The minimum absolute atomic E-state index is 0.0122. The fourth-order valence-electron chi connectivity index (χ4n) is 3.98. The summed E-state index contributed by atoms with van der Waals surface area (Å²) in [5.74, 6) is 3.02. The van der Waals surface area contributed by atoms with Crippen molar-refractivity contribution >= 4 is 11.7 Å². The van der Waals surface area contributed by atoms with Crippen molar-refractivity contribution in [3.63, 3.8) is 0 Å². The Morgan fingerprint density at radius 2 is 2.10 bits per heavy atom. The topological polar surface area (TPSA) is 86.5 Å². The molecule has 3 N–H and O–H groups in total. The minimum Gasteiger partial charge on any atom is -0.492 e. The number of nitrogens with two attached hydrogens (primary N) is 1. The number of nitrogens with one attached hydrogen (secondary N) is 1. The number of pyridine rings is 1. The van der Waals surface area contributed by atoms with E-state index in [4.69, 9.17) is 15.2 Å². The Bertz CT molecular complexity index is 908. The average Bonchev–Trinajstić information content (AvgIpc) is 3.50. The van der Waals surface area contributed by atoms with Gasteiger partial charge in [-0.1, -0.05) is 13.8 Å². The second-order valence-corrected chi connectivity index (χ2v) is 8.54. The summed E-state index contributed by atoms with van der Waals surface area (Å²) in [6.45, 7) is 6.30. The molecule has 2 atom stereocenters. The van der Waals surface area contributed by atoms with Gasteiger partial charge in [0.2, 0.25) is 5.91 Å². The van der Waals surface area contributed by atoms with Crippen LogP contribution < -0.4 is 20.5 Å². The summed E-state index contributed by atoms with van der Waals surface area (Å²) in [4.78, 5) is 16.1. The highest BCUT2D eigenvalue weighted by Crippen LogP contribution is 2.53. The molecule has 0 bridgehead atoms. The summed E-state index contributed by atoms with van der Waals surface area (Å²) in [6, 6.07) is 7.92. The summed E-state index contributed by atoms with van der Waals surface area (Å²) < 4.78 is 12.4. The number of hydrogen-bond donors (Lipinski definition) is 2. The van der Waals surface area contributed by atoms with Gasteiger partial charge in [0.05, 0.1) is 0 Å². The maximum atomic E-state index is 11.7. The lowest BCUT2D eigenvalue weighted by Crippen LogP contribution is -2.29. The smallest absolute Gasteiger partial charge is 0.222 e. The van der Waals surface area contributed by atoms with Gasteiger partial charge in [0.25, 0.3) is 0 Å². The van der Waals surface area contributed by atoms with E-state index >= 15 is 0 Å². The molecule has 0 spiro atoms. The molecule has 4 rings (SSSR count). The zero-order chi connectivity index (χ0) is 20.5. The molecule has 0 saturated heterocycles. The van der Waals surface area contributed by atoms with Crippen LogP contribution in [0.5, 0.6) is 11.5 Å². The molecule has 2 heterocycles. The first kappa shape index (κ1) is 19.7. The SMILES string of the molecule is CC(=O)Nc1nccc2c1C(C1CC1)Oc1cc(OC[C@@H](N)CC(C)C)ccc1-2. The van der Waals surface area contributed by atoms with E-state index in [9.17, 15) is 4.79 Å². The molecule has 1 saturated carbocycles. The first-order chi connectivity index (χ1) is 13.9. The molecule has 6 nitrogen and oxygen atoms in total. The molecule has 0 radical (unpaired) electrons. The van der Waals surface area contributed by atoms with Crippen LogP contribution in [0.25, 0.3) is 11.1 Å². The average molecular weight is 396 g/mol. The number of rotatable bonds is 7. The fourth-order valence-corrected chi connectivity index (χ4v) is 3.98. The monoisotopic (exact) mass is 395 g/mol. The van der Waals surface area contributed by atoms with E-state index in [1.54, 1.807) is 6.20 Å². The zero-order valence-electron chi connectivity index (χ0n) is 17.3. The lowest BCUT2D eigenvalue weighted by atomic mass is 9.91. The van der Waals surface area contributed by atoms with Crippen molar-refractivity contribution in [2.24, 2.45) is 17.6 Å². The number of carbonyl (C=O) groups is 1. The third-order valence-electron chi connectivity index (χ3n) is 5.35. The molecular weight excluding hydrogens is 366 g/mol. The molecule has 154 valence electrons. The van der Waals surface area contributed by atoms with E-state index < -0.39 is 0 Å². The third kappa shape index (κ3) is 4.37. The van der Waals surface area contributed by atoms with Gasteiger partial charge in [0.1, 0.15) is 30.0 Å². The lowest BCUT2D eigenvalue weighted by Gasteiger charge is -2.30. The first-order valence-electron chi connectivity index (χ1n) is 10.4. The Morgan fingerprint density at radius 1 is 1.31 bits per heavy atom. The molecule has 1 aliphatic carbocycles. The van der Waals surface area contributed by atoms with Gasteiger partial charge in [-0.15, -0.1) is 0 Å². The van der Waals surface area contributed by atoms with Crippen LogP contribution in [0.4, 0.5) is 5.82 Å². The van der Waals surface area contributed by atoms with Gasteiger partial charge in [0.15, 0.2) is 0 Å². The number of ether oxygens (including phenoxy) is 2. The van der Waals surface area contributed by atoms with Crippen LogP contribution in [0.1, 0.15) is 51.7 Å². The number of aromatic nitrogens is 1. The molecule has 1 fully saturated rings. The summed E-state index contributed by atoms with van der Waals surface area (Å²) in [5, 5.41) is 2.87. The van der Waals surface area contributed by atoms with Crippen molar-refractivity contribution in [3.05, 3.63) is 36.0 Å². The normalized spacial score (nSPS) is 18.4. The van der Waals surface area contributed by atoms with Crippen molar-refractivity contribution in [2.75, 3.05) is 11.9 Å².